The topological polar surface area (TPSA) is 8.17 Å². The quantitative estimate of drug-likeness (QED) is 0.542. The second kappa shape index (κ2) is 6.63. The Balaban J connectivity index is 1.42. The number of allylic oxidation sites excluding steroid dienone is 2. The van der Waals surface area contributed by atoms with Crippen LogP contribution in [0.4, 0.5) is 0 Å². The lowest BCUT2D eigenvalue weighted by Gasteiger charge is -2.37. The van der Waals surface area contributed by atoms with Crippen molar-refractivity contribution in [2.75, 3.05) is 6.54 Å². The van der Waals surface area contributed by atoms with E-state index in [-0.39, 0.29) is 0 Å². The molecule has 28 heavy (non-hydrogen) atoms. The van der Waals surface area contributed by atoms with E-state index in [1.54, 1.807) is 16.8 Å². The van der Waals surface area contributed by atoms with Gasteiger partial charge in [0.2, 0.25) is 0 Å². The molecule has 0 bridgehead atoms. The lowest BCUT2D eigenvalue weighted by Crippen LogP contribution is -2.38. The van der Waals surface area contributed by atoms with E-state index in [1.165, 1.54) is 67.1 Å². The molecule has 0 saturated heterocycles. The van der Waals surface area contributed by atoms with Crippen molar-refractivity contribution in [3.63, 3.8) is 0 Å². The highest BCUT2D eigenvalue weighted by molar-refractivity contribution is 5.89. The minimum Gasteiger partial charge on any atom is -0.330 e. The van der Waals surface area contributed by atoms with Gasteiger partial charge in [0.15, 0.2) is 0 Å². The molecule has 3 aromatic rings. The molecule has 0 N–H and O–H groups in total. The van der Waals surface area contributed by atoms with Crippen LogP contribution in [0.3, 0.4) is 0 Å². The summed E-state index contributed by atoms with van der Waals surface area (Å²) in [6.07, 6.45) is 10.2. The van der Waals surface area contributed by atoms with Crippen molar-refractivity contribution in [1.29, 1.82) is 0 Å². The van der Waals surface area contributed by atoms with Crippen LogP contribution in [0.25, 0.3) is 16.5 Å². The molecule has 2 heterocycles. The van der Waals surface area contributed by atoms with Gasteiger partial charge in [-0.3, -0.25) is 4.90 Å². The standard InChI is InChI=1S/C26H28N2/c1-2-7-19(8-3-1)16-27-17-22-11-6-12-23-24-15-21(20-9-4-5-10-20)13-14-25(24)28(18-27)26(22)23/h1-3,7-9,13-15,22H,4-6,10-12,16-18H2. The lowest BCUT2D eigenvalue weighted by molar-refractivity contribution is 0.159. The van der Waals surface area contributed by atoms with Gasteiger partial charge in [0.05, 0.1) is 6.67 Å². The van der Waals surface area contributed by atoms with Crippen LogP contribution in [0.5, 0.6) is 0 Å². The van der Waals surface area contributed by atoms with Gasteiger partial charge in [-0.1, -0.05) is 42.5 Å². The summed E-state index contributed by atoms with van der Waals surface area (Å²) in [4.78, 5) is 2.65. The Morgan fingerprint density at radius 2 is 1.89 bits per heavy atom. The van der Waals surface area contributed by atoms with E-state index in [0.717, 1.165) is 13.2 Å². The number of hydrogen-bond donors (Lipinski definition) is 0. The van der Waals surface area contributed by atoms with Crippen LogP contribution in [0.1, 0.15) is 60.4 Å². The molecular formula is C26H28N2. The summed E-state index contributed by atoms with van der Waals surface area (Å²) in [5, 5.41) is 1.53. The molecule has 6 rings (SSSR count). The largest absolute Gasteiger partial charge is 0.330 e. The van der Waals surface area contributed by atoms with Crippen molar-refractivity contribution in [1.82, 2.24) is 9.47 Å². The number of aromatic nitrogens is 1. The number of hydrogen-bond acceptors (Lipinski definition) is 1. The minimum atomic E-state index is 0.697. The maximum atomic E-state index is 2.65. The van der Waals surface area contributed by atoms with Crippen molar-refractivity contribution >= 4 is 16.5 Å². The second-order valence-corrected chi connectivity index (χ2v) is 8.87. The molecule has 1 unspecified atom stereocenters. The Kier molecular flexibility index (Phi) is 3.94. The average molecular weight is 369 g/mol. The molecule has 0 saturated carbocycles. The molecule has 1 aliphatic heterocycles. The van der Waals surface area contributed by atoms with E-state index in [4.69, 9.17) is 0 Å². The molecule has 1 atom stereocenters. The molecular weight excluding hydrogens is 340 g/mol. The summed E-state index contributed by atoms with van der Waals surface area (Å²) < 4.78 is 2.65. The van der Waals surface area contributed by atoms with Crippen molar-refractivity contribution in [3.8, 4) is 0 Å². The average Bonchev–Trinajstić information content (AvgIpc) is 3.37. The third-order valence-corrected chi connectivity index (χ3v) is 7.06. The zero-order valence-electron chi connectivity index (χ0n) is 16.5. The van der Waals surface area contributed by atoms with E-state index < -0.39 is 0 Å². The predicted molar refractivity (Wildman–Crippen MR) is 116 cm³/mol. The Bertz CT molecular complexity index is 1060. The highest BCUT2D eigenvalue weighted by Gasteiger charge is 2.33. The van der Waals surface area contributed by atoms with Crippen LogP contribution in [0, 0.1) is 0 Å². The first-order valence-corrected chi connectivity index (χ1v) is 11.0. The first-order chi connectivity index (χ1) is 13.9. The van der Waals surface area contributed by atoms with Crippen LogP contribution in [-0.4, -0.2) is 16.0 Å². The summed E-state index contributed by atoms with van der Waals surface area (Å²) in [6, 6.07) is 18.2. The number of benzene rings is 2. The molecule has 0 fully saturated rings. The van der Waals surface area contributed by atoms with Crippen LogP contribution in [0.2, 0.25) is 0 Å². The zero-order chi connectivity index (χ0) is 18.5. The molecule has 2 nitrogen and oxygen atoms in total. The highest BCUT2D eigenvalue weighted by Crippen LogP contribution is 2.43. The first-order valence-electron chi connectivity index (χ1n) is 11.0. The molecule has 0 amide bonds. The Morgan fingerprint density at radius 1 is 0.964 bits per heavy atom. The molecule has 0 spiro atoms. The van der Waals surface area contributed by atoms with E-state index in [1.807, 2.05) is 0 Å². The van der Waals surface area contributed by atoms with Gasteiger partial charge in [0.25, 0.3) is 0 Å². The monoisotopic (exact) mass is 368 g/mol. The summed E-state index contributed by atoms with van der Waals surface area (Å²) in [5.74, 6) is 0.697. The van der Waals surface area contributed by atoms with Gasteiger partial charge in [-0.15, -0.1) is 0 Å². The minimum absolute atomic E-state index is 0.697. The fourth-order valence-corrected chi connectivity index (χ4v) is 5.82. The van der Waals surface area contributed by atoms with Gasteiger partial charge in [-0.05, 0) is 72.9 Å². The van der Waals surface area contributed by atoms with Gasteiger partial charge in [-0.25, -0.2) is 0 Å². The fraction of sp³-hybridized carbons (Fsp3) is 0.385. The normalized spacial score (nSPS) is 21.7. The van der Waals surface area contributed by atoms with Crippen LogP contribution in [0.15, 0.2) is 54.6 Å². The number of rotatable bonds is 3. The van der Waals surface area contributed by atoms with E-state index in [9.17, 15) is 0 Å². The van der Waals surface area contributed by atoms with Crippen LogP contribution >= 0.6 is 0 Å². The third kappa shape index (κ3) is 2.66. The Morgan fingerprint density at radius 3 is 2.75 bits per heavy atom. The summed E-state index contributed by atoms with van der Waals surface area (Å²) in [7, 11) is 0. The Hall–Kier alpha value is -2.32. The first kappa shape index (κ1) is 16.6. The molecule has 0 radical (unpaired) electrons. The lowest BCUT2D eigenvalue weighted by atomic mass is 9.85. The maximum absolute atomic E-state index is 2.65. The molecule has 2 aliphatic carbocycles. The van der Waals surface area contributed by atoms with Crippen molar-refractivity contribution < 1.29 is 0 Å². The zero-order valence-corrected chi connectivity index (χ0v) is 16.5. The summed E-state index contributed by atoms with van der Waals surface area (Å²) in [6.45, 7) is 3.28. The summed E-state index contributed by atoms with van der Waals surface area (Å²) >= 11 is 0. The second-order valence-electron chi connectivity index (χ2n) is 8.87. The smallest absolute Gasteiger partial charge is 0.0757 e. The molecule has 1 aromatic heterocycles. The predicted octanol–water partition coefficient (Wildman–Crippen LogP) is 6.10. The van der Waals surface area contributed by atoms with Crippen molar-refractivity contribution in [2.45, 2.75) is 57.7 Å². The molecule has 3 aliphatic rings. The van der Waals surface area contributed by atoms with Gasteiger partial charge in [0.1, 0.15) is 0 Å². The third-order valence-electron chi connectivity index (χ3n) is 7.06. The Labute approximate surface area is 167 Å². The van der Waals surface area contributed by atoms with Gasteiger partial charge in [0, 0.05) is 35.6 Å². The number of aryl methyl sites for hydroxylation is 1. The van der Waals surface area contributed by atoms with E-state index >= 15 is 0 Å². The molecule has 2 aromatic carbocycles. The fourth-order valence-electron chi connectivity index (χ4n) is 5.82. The number of fused-ring (bicyclic) bond motifs is 3. The van der Waals surface area contributed by atoms with Gasteiger partial charge < -0.3 is 4.57 Å². The van der Waals surface area contributed by atoms with Gasteiger partial charge >= 0.3 is 0 Å². The molecule has 142 valence electrons. The van der Waals surface area contributed by atoms with Crippen molar-refractivity contribution in [2.24, 2.45) is 0 Å². The summed E-state index contributed by atoms with van der Waals surface area (Å²) in [5.41, 5.74) is 9.23. The molecule has 2 heteroatoms. The maximum Gasteiger partial charge on any atom is 0.0757 e. The van der Waals surface area contributed by atoms with Crippen LogP contribution in [-0.2, 0) is 19.6 Å². The van der Waals surface area contributed by atoms with E-state index in [0.29, 0.717) is 5.92 Å². The number of nitrogens with zero attached hydrogens (tertiary/aromatic N) is 2. The SMILES string of the molecule is C1=C(c2ccc3c(c2)c2c4n3CN(Cc3ccccc3)CC4CCC2)CCC1. The van der Waals surface area contributed by atoms with Crippen molar-refractivity contribution in [3.05, 3.63) is 77.0 Å². The highest BCUT2D eigenvalue weighted by atomic mass is 15.3. The van der Waals surface area contributed by atoms with Gasteiger partial charge in [-0.2, -0.15) is 0 Å². The van der Waals surface area contributed by atoms with Crippen LogP contribution < -0.4 is 0 Å². The van der Waals surface area contributed by atoms with E-state index in [2.05, 4.69) is 64.1 Å².